The van der Waals surface area contributed by atoms with Gasteiger partial charge in [-0.15, -0.1) is 0 Å². The second-order valence-corrected chi connectivity index (χ2v) is 4.45. The lowest BCUT2D eigenvalue weighted by molar-refractivity contribution is 0.0547. The first-order valence-electron chi connectivity index (χ1n) is 6.38. The van der Waals surface area contributed by atoms with Gasteiger partial charge in [0.15, 0.2) is 0 Å². The first-order chi connectivity index (χ1) is 8.72. The Balaban J connectivity index is 2.13. The van der Waals surface area contributed by atoms with E-state index in [1.165, 1.54) is 0 Å². The van der Waals surface area contributed by atoms with Gasteiger partial charge in [0.1, 0.15) is 5.82 Å². The van der Waals surface area contributed by atoms with Crippen molar-refractivity contribution in [2.75, 3.05) is 25.0 Å². The van der Waals surface area contributed by atoms with Crippen molar-refractivity contribution < 1.29 is 9.90 Å². The molecule has 0 aromatic carbocycles. The molecule has 0 saturated carbocycles. The van der Waals surface area contributed by atoms with Gasteiger partial charge in [0.2, 0.25) is 0 Å². The summed E-state index contributed by atoms with van der Waals surface area (Å²) in [6.07, 6.45) is 2.72. The number of amides is 1. The molecule has 0 bridgehead atoms. The third kappa shape index (κ3) is 2.79. The van der Waals surface area contributed by atoms with Crippen molar-refractivity contribution in [3.63, 3.8) is 0 Å². The Morgan fingerprint density at radius 1 is 1.56 bits per heavy atom. The van der Waals surface area contributed by atoms with E-state index in [-0.39, 0.29) is 12.0 Å². The van der Waals surface area contributed by atoms with Gasteiger partial charge in [-0.25, -0.2) is 4.98 Å². The summed E-state index contributed by atoms with van der Waals surface area (Å²) in [4.78, 5) is 18.3. The van der Waals surface area contributed by atoms with E-state index < -0.39 is 0 Å². The highest BCUT2D eigenvalue weighted by molar-refractivity contribution is 5.98. The Morgan fingerprint density at radius 3 is 2.94 bits per heavy atom. The number of likely N-dealkylation sites (tertiary alicyclic amines) is 1. The van der Waals surface area contributed by atoms with E-state index >= 15 is 0 Å². The number of pyridine rings is 1. The molecule has 18 heavy (non-hydrogen) atoms. The van der Waals surface area contributed by atoms with E-state index in [2.05, 4.69) is 10.3 Å². The minimum absolute atomic E-state index is 0.00838. The van der Waals surface area contributed by atoms with Crippen LogP contribution in [0.25, 0.3) is 0 Å². The van der Waals surface area contributed by atoms with Crippen LogP contribution in [0.5, 0.6) is 0 Å². The van der Waals surface area contributed by atoms with Crippen LogP contribution in [0.2, 0.25) is 0 Å². The zero-order chi connectivity index (χ0) is 13.0. The summed E-state index contributed by atoms with van der Waals surface area (Å²) in [6, 6.07) is 3.56. The lowest BCUT2D eigenvalue weighted by Gasteiger charge is -2.30. The fourth-order valence-corrected chi connectivity index (χ4v) is 2.13. The Hall–Kier alpha value is -1.62. The number of carbonyl (C=O) groups excluding carboxylic acids is 1. The molecule has 2 N–H and O–H groups in total. The topological polar surface area (TPSA) is 65.5 Å². The molecule has 1 aliphatic rings. The van der Waals surface area contributed by atoms with Gasteiger partial charge in [0.05, 0.1) is 11.7 Å². The Morgan fingerprint density at radius 2 is 2.28 bits per heavy atom. The number of carbonyl (C=O) groups is 1. The first kappa shape index (κ1) is 12.8. The van der Waals surface area contributed by atoms with Crippen LogP contribution in [-0.4, -0.2) is 46.6 Å². The quantitative estimate of drug-likeness (QED) is 0.842. The minimum atomic E-state index is -0.267. The highest BCUT2D eigenvalue weighted by Crippen LogP contribution is 2.18. The smallest absolute Gasteiger partial charge is 0.257 e. The average Bonchev–Trinajstić information content (AvgIpc) is 2.40. The largest absolute Gasteiger partial charge is 0.393 e. The molecular formula is C13H19N3O2. The molecule has 0 atom stereocenters. The van der Waals surface area contributed by atoms with Crippen LogP contribution in [0.4, 0.5) is 5.82 Å². The lowest BCUT2D eigenvalue weighted by Crippen LogP contribution is -2.40. The molecule has 0 radical (unpaired) electrons. The molecule has 2 rings (SSSR count). The third-order valence-electron chi connectivity index (χ3n) is 3.13. The predicted octanol–water partition coefficient (Wildman–Crippen LogP) is 1.11. The predicted molar refractivity (Wildman–Crippen MR) is 69.5 cm³/mol. The van der Waals surface area contributed by atoms with E-state index in [1.54, 1.807) is 23.2 Å². The third-order valence-corrected chi connectivity index (χ3v) is 3.13. The Bertz CT molecular complexity index is 414. The van der Waals surface area contributed by atoms with Crippen molar-refractivity contribution in [1.29, 1.82) is 0 Å². The molecule has 1 aromatic heterocycles. The van der Waals surface area contributed by atoms with Crippen LogP contribution in [-0.2, 0) is 0 Å². The molecule has 1 aromatic rings. The standard InChI is InChI=1S/C13H19N3O2/c1-2-14-12-11(4-3-7-15-12)13(18)16-8-5-10(17)6-9-16/h3-4,7,10,17H,2,5-6,8-9H2,1H3,(H,14,15). The summed E-state index contributed by atoms with van der Waals surface area (Å²) in [7, 11) is 0. The number of aliphatic hydroxyl groups excluding tert-OH is 1. The van der Waals surface area contributed by atoms with Gasteiger partial charge in [-0.3, -0.25) is 4.79 Å². The molecule has 0 spiro atoms. The summed E-state index contributed by atoms with van der Waals surface area (Å²) in [5, 5.41) is 12.6. The molecule has 5 nitrogen and oxygen atoms in total. The molecule has 1 saturated heterocycles. The number of rotatable bonds is 3. The van der Waals surface area contributed by atoms with Crippen molar-refractivity contribution in [3.05, 3.63) is 23.9 Å². The second kappa shape index (κ2) is 5.82. The van der Waals surface area contributed by atoms with E-state index in [0.29, 0.717) is 37.3 Å². The molecule has 1 aliphatic heterocycles. The molecule has 98 valence electrons. The number of nitrogens with one attached hydrogen (secondary N) is 1. The number of hydrogen-bond donors (Lipinski definition) is 2. The molecule has 1 fully saturated rings. The van der Waals surface area contributed by atoms with Gasteiger partial charge in [-0.1, -0.05) is 0 Å². The van der Waals surface area contributed by atoms with E-state index in [1.807, 2.05) is 6.92 Å². The number of piperidine rings is 1. The maximum Gasteiger partial charge on any atom is 0.257 e. The molecule has 5 heteroatoms. The van der Waals surface area contributed by atoms with E-state index in [4.69, 9.17) is 0 Å². The van der Waals surface area contributed by atoms with Crippen LogP contribution in [0.3, 0.4) is 0 Å². The van der Waals surface area contributed by atoms with Crippen LogP contribution < -0.4 is 5.32 Å². The van der Waals surface area contributed by atoms with E-state index in [0.717, 1.165) is 6.54 Å². The maximum absolute atomic E-state index is 12.4. The minimum Gasteiger partial charge on any atom is -0.393 e. The summed E-state index contributed by atoms with van der Waals surface area (Å²) < 4.78 is 0. The second-order valence-electron chi connectivity index (χ2n) is 4.45. The van der Waals surface area contributed by atoms with Crippen molar-refractivity contribution in [2.45, 2.75) is 25.9 Å². The zero-order valence-corrected chi connectivity index (χ0v) is 10.6. The lowest BCUT2D eigenvalue weighted by atomic mass is 10.1. The molecular weight excluding hydrogens is 230 g/mol. The highest BCUT2D eigenvalue weighted by atomic mass is 16.3. The van der Waals surface area contributed by atoms with Gasteiger partial charge in [0.25, 0.3) is 5.91 Å². The van der Waals surface area contributed by atoms with E-state index in [9.17, 15) is 9.90 Å². The number of hydrogen-bond acceptors (Lipinski definition) is 4. The number of aliphatic hydroxyl groups is 1. The van der Waals surface area contributed by atoms with Crippen molar-refractivity contribution in [1.82, 2.24) is 9.88 Å². The fraction of sp³-hybridized carbons (Fsp3) is 0.538. The number of aromatic nitrogens is 1. The molecule has 2 heterocycles. The first-order valence-corrected chi connectivity index (χ1v) is 6.38. The number of anilines is 1. The van der Waals surface area contributed by atoms with Crippen LogP contribution in [0, 0.1) is 0 Å². The molecule has 1 amide bonds. The fourth-order valence-electron chi connectivity index (χ4n) is 2.13. The Kier molecular flexibility index (Phi) is 4.15. The van der Waals surface area contributed by atoms with Crippen molar-refractivity contribution in [3.8, 4) is 0 Å². The van der Waals surface area contributed by atoms with Gasteiger partial charge in [0, 0.05) is 25.8 Å². The maximum atomic E-state index is 12.4. The van der Waals surface area contributed by atoms with Gasteiger partial charge in [-0.2, -0.15) is 0 Å². The summed E-state index contributed by atoms with van der Waals surface area (Å²) >= 11 is 0. The van der Waals surface area contributed by atoms with Crippen LogP contribution in [0.1, 0.15) is 30.1 Å². The summed E-state index contributed by atoms with van der Waals surface area (Å²) in [6.45, 7) is 3.93. The van der Waals surface area contributed by atoms with Crippen LogP contribution >= 0.6 is 0 Å². The monoisotopic (exact) mass is 249 g/mol. The zero-order valence-electron chi connectivity index (χ0n) is 10.6. The van der Waals surface area contributed by atoms with Crippen molar-refractivity contribution in [2.24, 2.45) is 0 Å². The van der Waals surface area contributed by atoms with Gasteiger partial charge < -0.3 is 15.3 Å². The van der Waals surface area contributed by atoms with Crippen LogP contribution in [0.15, 0.2) is 18.3 Å². The molecule has 0 aliphatic carbocycles. The molecule has 0 unspecified atom stereocenters. The number of nitrogens with zero attached hydrogens (tertiary/aromatic N) is 2. The normalized spacial score (nSPS) is 16.7. The van der Waals surface area contributed by atoms with Gasteiger partial charge in [-0.05, 0) is 31.9 Å². The summed E-state index contributed by atoms with van der Waals surface area (Å²) in [5.74, 6) is 0.627. The van der Waals surface area contributed by atoms with Gasteiger partial charge >= 0.3 is 0 Å². The highest BCUT2D eigenvalue weighted by Gasteiger charge is 2.24. The SMILES string of the molecule is CCNc1ncccc1C(=O)N1CCC(O)CC1. The Labute approximate surface area is 107 Å². The van der Waals surface area contributed by atoms with Crippen molar-refractivity contribution >= 4 is 11.7 Å². The average molecular weight is 249 g/mol. The summed E-state index contributed by atoms with van der Waals surface area (Å²) in [5.41, 5.74) is 0.607.